The lowest BCUT2D eigenvalue weighted by Gasteiger charge is -2.32. The van der Waals surface area contributed by atoms with Crippen LogP contribution < -0.4 is 0 Å². The number of esters is 1. The summed E-state index contributed by atoms with van der Waals surface area (Å²) >= 11 is 2.90. The topological polar surface area (TPSA) is 82.1 Å². The lowest BCUT2D eigenvalue weighted by molar-refractivity contribution is -0.137. The maximum absolute atomic E-state index is 13.2. The van der Waals surface area contributed by atoms with Crippen molar-refractivity contribution < 1.29 is 40.0 Å². The molecule has 0 aromatic heterocycles. The molecule has 7 nitrogen and oxygen atoms in total. The number of benzene rings is 1. The van der Waals surface area contributed by atoms with Crippen molar-refractivity contribution in [3.05, 3.63) is 34.9 Å². The number of carbonyl (C=O) groups is 1. The van der Waals surface area contributed by atoms with Crippen molar-refractivity contribution in [1.82, 2.24) is 4.90 Å². The summed E-state index contributed by atoms with van der Waals surface area (Å²) in [5, 5.41) is 0. The number of hydrogen-bond acceptors (Lipinski definition) is 7. The van der Waals surface area contributed by atoms with E-state index >= 15 is 0 Å². The molecule has 0 saturated carbocycles. The largest absolute Gasteiger partial charge is 0.450 e. The van der Waals surface area contributed by atoms with Crippen LogP contribution in [0.5, 0.6) is 0 Å². The Bertz CT molecular complexity index is 802. The second-order valence-corrected chi connectivity index (χ2v) is 8.28. The van der Waals surface area contributed by atoms with E-state index in [1.165, 1.54) is 6.07 Å². The zero-order valence-electron chi connectivity index (χ0n) is 14.9. The summed E-state index contributed by atoms with van der Waals surface area (Å²) in [7, 11) is -3.62. The van der Waals surface area contributed by atoms with Gasteiger partial charge in [-0.1, -0.05) is 0 Å². The smallest absolute Gasteiger partial charge is 0.416 e. The second-order valence-electron chi connectivity index (χ2n) is 6.17. The van der Waals surface area contributed by atoms with E-state index in [1.54, 1.807) is 4.90 Å². The number of halogens is 4. The predicted molar refractivity (Wildman–Crippen MR) is 96.5 cm³/mol. The highest BCUT2D eigenvalue weighted by atomic mass is 79.9. The summed E-state index contributed by atoms with van der Waals surface area (Å²) < 4.78 is 76.6. The first-order valence-electron chi connectivity index (χ1n) is 8.10. The van der Waals surface area contributed by atoms with Gasteiger partial charge in [0.2, 0.25) is 0 Å². The average molecular weight is 490 g/mol. The molecule has 158 valence electrons. The molecular formula is C16H19BrF3NO6S. The van der Waals surface area contributed by atoms with Crippen molar-refractivity contribution in [2.24, 2.45) is 0 Å². The Morgan fingerprint density at radius 2 is 2.07 bits per heavy atom. The maximum atomic E-state index is 13.2. The number of carbonyl (C=O) groups excluding carboxylic acids is 1. The minimum Gasteiger partial charge on any atom is -0.450 e. The number of nitrogens with zero attached hydrogens (tertiary/aromatic N) is 1. The Morgan fingerprint density at radius 3 is 2.68 bits per heavy atom. The Hall–Kier alpha value is -1.21. The zero-order valence-corrected chi connectivity index (χ0v) is 17.3. The van der Waals surface area contributed by atoms with Gasteiger partial charge in [-0.3, -0.25) is 9.08 Å². The molecule has 2 rings (SSSR count). The quantitative estimate of drug-likeness (QED) is 0.330. The van der Waals surface area contributed by atoms with Crippen LogP contribution >= 0.6 is 15.9 Å². The molecule has 0 aliphatic carbocycles. The SMILES string of the molecule is CS(=O)(=O)OC[C@@H]1CN(Cc2cc(C(=O)OCBr)cc(C(F)(F)F)c2)CCO1. The molecule has 0 spiro atoms. The summed E-state index contributed by atoms with van der Waals surface area (Å²) in [5.41, 5.74) is -1.00. The van der Waals surface area contributed by atoms with E-state index < -0.39 is 33.9 Å². The molecule has 1 atom stereocenters. The number of ether oxygens (including phenoxy) is 2. The van der Waals surface area contributed by atoms with Crippen molar-refractivity contribution in [2.75, 3.05) is 38.1 Å². The fraction of sp³-hybridized carbons (Fsp3) is 0.562. The van der Waals surface area contributed by atoms with Gasteiger partial charge in [0, 0.05) is 19.6 Å². The summed E-state index contributed by atoms with van der Waals surface area (Å²) in [6, 6.07) is 3.07. The van der Waals surface area contributed by atoms with Crippen LogP contribution in [0.3, 0.4) is 0 Å². The van der Waals surface area contributed by atoms with E-state index in [4.69, 9.17) is 13.7 Å². The molecule has 0 radical (unpaired) electrons. The minimum absolute atomic E-state index is 0.122. The van der Waals surface area contributed by atoms with Crippen LogP contribution in [0.25, 0.3) is 0 Å². The zero-order chi connectivity index (χ0) is 20.9. The van der Waals surface area contributed by atoms with Gasteiger partial charge in [0.15, 0.2) is 0 Å². The highest BCUT2D eigenvalue weighted by Crippen LogP contribution is 2.31. The molecule has 1 aliphatic heterocycles. The van der Waals surface area contributed by atoms with Gasteiger partial charge in [-0.05, 0) is 39.7 Å². The Kier molecular flexibility index (Phi) is 7.85. The van der Waals surface area contributed by atoms with E-state index in [2.05, 4.69) is 15.9 Å². The number of morpholine rings is 1. The van der Waals surface area contributed by atoms with Gasteiger partial charge in [-0.25, -0.2) is 4.79 Å². The molecule has 0 amide bonds. The molecule has 0 N–H and O–H groups in total. The van der Waals surface area contributed by atoms with Gasteiger partial charge in [0.05, 0.1) is 36.7 Å². The highest BCUT2D eigenvalue weighted by molar-refractivity contribution is 9.09. The Morgan fingerprint density at radius 1 is 1.36 bits per heavy atom. The third-order valence-electron chi connectivity index (χ3n) is 3.84. The van der Waals surface area contributed by atoms with Gasteiger partial charge < -0.3 is 9.47 Å². The molecule has 1 aromatic rings. The molecule has 0 unspecified atom stereocenters. The number of hydrogen-bond donors (Lipinski definition) is 0. The molecule has 1 fully saturated rings. The van der Waals surface area contributed by atoms with Crippen LogP contribution in [0.4, 0.5) is 13.2 Å². The van der Waals surface area contributed by atoms with Crippen LogP contribution in [-0.2, 0) is 36.5 Å². The monoisotopic (exact) mass is 489 g/mol. The first kappa shape index (κ1) is 23.1. The van der Waals surface area contributed by atoms with Gasteiger partial charge in [-0.2, -0.15) is 21.6 Å². The average Bonchev–Trinajstić information content (AvgIpc) is 2.59. The molecule has 1 aromatic carbocycles. The number of alkyl halides is 4. The van der Waals surface area contributed by atoms with Crippen LogP contribution in [0, 0.1) is 0 Å². The lowest BCUT2D eigenvalue weighted by Crippen LogP contribution is -2.44. The lowest BCUT2D eigenvalue weighted by atomic mass is 10.0. The third kappa shape index (κ3) is 7.32. The van der Waals surface area contributed by atoms with Crippen LogP contribution in [0.15, 0.2) is 18.2 Å². The molecule has 1 saturated heterocycles. The molecule has 28 heavy (non-hydrogen) atoms. The maximum Gasteiger partial charge on any atom is 0.416 e. The van der Waals surface area contributed by atoms with Gasteiger partial charge in [-0.15, -0.1) is 0 Å². The van der Waals surface area contributed by atoms with Gasteiger partial charge >= 0.3 is 12.1 Å². The van der Waals surface area contributed by atoms with Crippen LogP contribution in [-0.4, -0.2) is 63.5 Å². The molecule has 1 aliphatic rings. The van der Waals surface area contributed by atoms with E-state index in [-0.39, 0.29) is 42.9 Å². The third-order valence-corrected chi connectivity index (χ3v) is 4.63. The van der Waals surface area contributed by atoms with Crippen molar-refractivity contribution in [1.29, 1.82) is 0 Å². The molecule has 0 bridgehead atoms. The summed E-state index contributed by atoms with van der Waals surface area (Å²) in [6.07, 6.45) is -4.23. The summed E-state index contributed by atoms with van der Waals surface area (Å²) in [6.45, 7) is 0.924. The van der Waals surface area contributed by atoms with Crippen molar-refractivity contribution in [3.63, 3.8) is 0 Å². The summed E-state index contributed by atoms with van der Waals surface area (Å²) in [4.78, 5) is 13.7. The standard InChI is InChI=1S/C16H19BrF3NO6S/c1-28(23,24)27-9-14-8-21(2-3-25-14)7-11-4-12(15(22)26-10-17)6-13(5-11)16(18,19)20/h4-6,14H,2-3,7-10H2,1H3/t14-/m0/s1. The minimum atomic E-state index is -4.61. The normalized spacial score (nSPS) is 18.8. The number of rotatable bonds is 7. The Labute approximate surface area is 169 Å². The first-order chi connectivity index (χ1) is 13.0. The van der Waals surface area contributed by atoms with Crippen molar-refractivity contribution in [3.8, 4) is 0 Å². The molecule has 12 heteroatoms. The first-order valence-corrected chi connectivity index (χ1v) is 11.0. The van der Waals surface area contributed by atoms with Crippen molar-refractivity contribution in [2.45, 2.75) is 18.8 Å². The van der Waals surface area contributed by atoms with Crippen molar-refractivity contribution >= 4 is 32.0 Å². The van der Waals surface area contributed by atoms with E-state index in [9.17, 15) is 26.4 Å². The molecule has 1 heterocycles. The fourth-order valence-corrected chi connectivity index (χ4v) is 3.29. The van der Waals surface area contributed by atoms with Crippen LogP contribution in [0.2, 0.25) is 0 Å². The van der Waals surface area contributed by atoms with E-state index in [0.717, 1.165) is 18.4 Å². The fourth-order valence-electron chi connectivity index (χ4n) is 2.68. The second kappa shape index (κ2) is 9.53. The predicted octanol–water partition coefficient (Wildman–Crippen LogP) is 2.39. The molecular weight excluding hydrogens is 471 g/mol. The van der Waals surface area contributed by atoms with E-state index in [1.807, 2.05) is 0 Å². The summed E-state index contributed by atoms with van der Waals surface area (Å²) in [5.74, 6) is -0.870. The van der Waals surface area contributed by atoms with Crippen LogP contribution in [0.1, 0.15) is 21.5 Å². The van der Waals surface area contributed by atoms with E-state index in [0.29, 0.717) is 6.54 Å². The van der Waals surface area contributed by atoms with Gasteiger partial charge in [0.1, 0.15) is 5.52 Å². The van der Waals surface area contributed by atoms with Gasteiger partial charge in [0.25, 0.3) is 10.1 Å². The Balaban J connectivity index is 2.15. The highest BCUT2D eigenvalue weighted by Gasteiger charge is 2.32.